The molecule has 1 aliphatic heterocycles. The molecule has 0 fully saturated rings. The number of aliphatic imine (C=N–C) groups is 1. The Hall–Kier alpha value is -0.370. The van der Waals surface area contributed by atoms with Crippen LogP contribution in [0.25, 0.3) is 0 Å². The summed E-state index contributed by atoms with van der Waals surface area (Å²) in [4.78, 5) is 3.81. The molecule has 0 saturated carbocycles. The van der Waals surface area contributed by atoms with Crippen LogP contribution in [0.1, 0.15) is 0 Å². The highest BCUT2D eigenvalue weighted by molar-refractivity contribution is 8.28. The van der Waals surface area contributed by atoms with E-state index in [1.165, 1.54) is 0 Å². The summed E-state index contributed by atoms with van der Waals surface area (Å²) in [6, 6.07) is 0. The van der Waals surface area contributed by atoms with Gasteiger partial charge in [-0.25, -0.2) is 0 Å². The molecule has 0 spiro atoms. The predicted octanol–water partition coefficient (Wildman–Crippen LogP) is 1.20. The Balaban J connectivity index is 2.86. The van der Waals surface area contributed by atoms with E-state index in [-0.39, 0.29) is 10.5 Å². The van der Waals surface area contributed by atoms with Crippen LogP contribution < -0.4 is 0 Å². The average Bonchev–Trinajstić information content (AvgIpc) is 1.86. The van der Waals surface area contributed by atoms with Crippen LogP contribution in [0, 0.1) is 0 Å². The lowest BCUT2D eigenvalue weighted by Gasteiger charge is -1.72. The van der Waals surface area contributed by atoms with E-state index in [0.29, 0.717) is 0 Å². The van der Waals surface area contributed by atoms with Gasteiger partial charge in [0.25, 0.3) is 0 Å². The zero-order valence-corrected chi connectivity index (χ0v) is 4.11. The van der Waals surface area contributed by atoms with Gasteiger partial charge in [-0.05, 0) is 5.41 Å². The molecule has 1 rings (SSSR count). The average molecular weight is 99.2 g/mol. The van der Waals surface area contributed by atoms with Gasteiger partial charge in [0, 0.05) is 6.20 Å². The smallest absolute Gasteiger partial charge is 0.0576 e. The molecule has 1 atom stereocenters. The number of rotatable bonds is 0. The molecule has 0 aromatic rings. The molecule has 1 aliphatic rings. The number of hydrogen-bond donors (Lipinski definition) is 0. The van der Waals surface area contributed by atoms with Crippen LogP contribution in [0.2, 0.25) is 0 Å². The van der Waals surface area contributed by atoms with Gasteiger partial charge in [-0.15, -0.1) is 10.5 Å². The van der Waals surface area contributed by atoms with E-state index >= 15 is 0 Å². The van der Waals surface area contributed by atoms with Crippen LogP contribution in [-0.4, -0.2) is 11.4 Å². The fourth-order valence-corrected chi connectivity index (χ4v) is 0.785. The largest absolute Gasteiger partial charge is 0.258 e. The summed E-state index contributed by atoms with van der Waals surface area (Å²) >= 11 is 0. The van der Waals surface area contributed by atoms with Crippen LogP contribution >= 0.6 is 10.5 Å². The first-order chi connectivity index (χ1) is 2.89. The van der Waals surface area contributed by atoms with Crippen LogP contribution in [0.3, 0.4) is 0 Å². The highest BCUT2D eigenvalue weighted by Gasteiger charge is 1.80. The molecule has 0 aromatic heterocycles. The van der Waals surface area contributed by atoms with Crippen molar-refractivity contribution in [3.63, 3.8) is 0 Å². The summed E-state index contributed by atoms with van der Waals surface area (Å²) in [7, 11) is 0.105. The van der Waals surface area contributed by atoms with Crippen molar-refractivity contribution in [3.8, 4) is 0 Å². The molecule has 1 nitrogen and oxygen atoms in total. The SMILES string of the molecule is C=S1C=CN=C1. The van der Waals surface area contributed by atoms with Crippen molar-refractivity contribution >= 4 is 21.9 Å². The van der Waals surface area contributed by atoms with Crippen molar-refractivity contribution in [1.82, 2.24) is 0 Å². The highest BCUT2D eigenvalue weighted by Crippen LogP contribution is 2.11. The molecule has 1 unspecified atom stereocenters. The summed E-state index contributed by atoms with van der Waals surface area (Å²) in [6.07, 6.45) is 1.77. The van der Waals surface area contributed by atoms with Crippen molar-refractivity contribution in [2.24, 2.45) is 4.99 Å². The van der Waals surface area contributed by atoms with E-state index in [1.807, 2.05) is 11.0 Å². The first-order valence-electron chi connectivity index (χ1n) is 1.61. The van der Waals surface area contributed by atoms with Gasteiger partial charge in [0.2, 0.25) is 0 Å². The second kappa shape index (κ2) is 1.39. The van der Waals surface area contributed by atoms with E-state index in [1.54, 1.807) is 6.20 Å². The van der Waals surface area contributed by atoms with E-state index in [4.69, 9.17) is 0 Å². The summed E-state index contributed by atoms with van der Waals surface area (Å²) in [5.74, 6) is 3.73. The lowest BCUT2D eigenvalue weighted by atomic mass is 11.1. The van der Waals surface area contributed by atoms with Gasteiger partial charge in [0.15, 0.2) is 0 Å². The van der Waals surface area contributed by atoms with Gasteiger partial charge >= 0.3 is 0 Å². The van der Waals surface area contributed by atoms with E-state index in [9.17, 15) is 0 Å². The maximum absolute atomic E-state index is 3.81. The van der Waals surface area contributed by atoms with Crippen molar-refractivity contribution in [3.05, 3.63) is 11.6 Å². The molecule has 0 aliphatic carbocycles. The Kier molecular flexibility index (Phi) is 0.881. The minimum absolute atomic E-state index is 0.105. The van der Waals surface area contributed by atoms with Crippen molar-refractivity contribution in [1.29, 1.82) is 0 Å². The zero-order chi connectivity index (χ0) is 4.41. The molecule has 0 bridgehead atoms. The first-order valence-corrected chi connectivity index (χ1v) is 3.13. The third kappa shape index (κ3) is 0.571. The molecular weight excluding hydrogens is 94.1 g/mol. The fraction of sp³-hybridized carbons (Fsp3) is 0. The predicted molar refractivity (Wildman–Crippen MR) is 32.3 cm³/mol. The quantitative estimate of drug-likeness (QED) is 0.405. The van der Waals surface area contributed by atoms with E-state index in [0.717, 1.165) is 0 Å². The van der Waals surface area contributed by atoms with Gasteiger partial charge in [0.05, 0.1) is 5.55 Å². The van der Waals surface area contributed by atoms with Crippen LogP contribution in [-0.2, 0) is 0 Å². The Morgan fingerprint density at radius 3 is 2.67 bits per heavy atom. The monoisotopic (exact) mass is 99.0 g/mol. The van der Waals surface area contributed by atoms with Crippen molar-refractivity contribution in [2.75, 3.05) is 0 Å². The maximum atomic E-state index is 3.81. The number of hydrogen-bond acceptors (Lipinski definition) is 1. The molecule has 0 N–H and O–H groups in total. The second-order valence-electron chi connectivity index (χ2n) is 1.01. The van der Waals surface area contributed by atoms with Gasteiger partial charge in [-0.1, -0.05) is 5.87 Å². The lowest BCUT2D eigenvalue weighted by molar-refractivity contribution is 1.65. The fourth-order valence-electron chi connectivity index (χ4n) is 0.262. The molecule has 0 aromatic carbocycles. The molecule has 6 heavy (non-hydrogen) atoms. The number of nitrogens with zero attached hydrogens (tertiary/aromatic N) is 1. The highest BCUT2D eigenvalue weighted by atomic mass is 32.2. The zero-order valence-electron chi connectivity index (χ0n) is 3.29. The summed E-state index contributed by atoms with van der Waals surface area (Å²) in [5, 5.41) is 1.97. The Morgan fingerprint density at radius 1 is 1.67 bits per heavy atom. The van der Waals surface area contributed by atoms with Gasteiger partial charge in [-0.3, -0.25) is 4.99 Å². The summed E-state index contributed by atoms with van der Waals surface area (Å²) in [5.41, 5.74) is 1.83. The Labute approximate surface area is 39.3 Å². The molecule has 0 amide bonds. The third-order valence-electron chi connectivity index (χ3n) is 0.518. The summed E-state index contributed by atoms with van der Waals surface area (Å²) < 4.78 is 0. The molecule has 1 heterocycles. The topological polar surface area (TPSA) is 12.4 Å². The maximum Gasteiger partial charge on any atom is 0.0576 e. The van der Waals surface area contributed by atoms with Crippen molar-refractivity contribution < 1.29 is 0 Å². The standard InChI is InChI=1S/C4H5NS/c1-6-3-2-5-4-6/h2-4H,1H2. The van der Waals surface area contributed by atoms with Crippen LogP contribution in [0.15, 0.2) is 16.6 Å². The Morgan fingerprint density at radius 2 is 2.50 bits per heavy atom. The minimum Gasteiger partial charge on any atom is -0.258 e. The van der Waals surface area contributed by atoms with Gasteiger partial charge in [0.1, 0.15) is 0 Å². The van der Waals surface area contributed by atoms with Gasteiger partial charge < -0.3 is 0 Å². The van der Waals surface area contributed by atoms with Crippen LogP contribution in [0.5, 0.6) is 0 Å². The van der Waals surface area contributed by atoms with Crippen molar-refractivity contribution in [2.45, 2.75) is 0 Å². The lowest BCUT2D eigenvalue weighted by Crippen LogP contribution is -1.48. The van der Waals surface area contributed by atoms with E-state index < -0.39 is 0 Å². The third-order valence-corrected chi connectivity index (χ3v) is 1.38. The minimum atomic E-state index is 0.105. The first kappa shape index (κ1) is 3.81. The van der Waals surface area contributed by atoms with Gasteiger partial charge in [-0.2, -0.15) is 0 Å². The molecule has 0 saturated heterocycles. The molecule has 2 heteroatoms. The Bertz CT molecular complexity index is 110. The van der Waals surface area contributed by atoms with E-state index in [2.05, 4.69) is 10.9 Å². The normalized spacial score (nSPS) is 29.0. The van der Waals surface area contributed by atoms with Crippen LogP contribution in [0.4, 0.5) is 0 Å². The second-order valence-corrected chi connectivity index (χ2v) is 2.43. The molecule has 32 valence electrons. The summed E-state index contributed by atoms with van der Waals surface area (Å²) in [6.45, 7) is 0. The molecule has 0 radical (unpaired) electrons. The molecular formula is C4H5NS.